The van der Waals surface area contributed by atoms with Gasteiger partial charge in [-0.2, -0.15) is 18.2 Å². The molecule has 9 nitrogen and oxygen atoms in total. The average Bonchev–Trinajstić information content (AvgIpc) is 3.31. The lowest BCUT2D eigenvalue weighted by Gasteiger charge is -2.12. The van der Waals surface area contributed by atoms with E-state index in [-0.39, 0.29) is 17.4 Å². The van der Waals surface area contributed by atoms with Crippen molar-refractivity contribution in [1.82, 2.24) is 20.1 Å². The Balaban J connectivity index is 1.38. The largest absolute Gasteiger partial charge is 0.439 e. The van der Waals surface area contributed by atoms with Gasteiger partial charge in [0.2, 0.25) is 18.1 Å². The number of hydrogen-bond donors (Lipinski definition) is 2. The highest BCUT2D eigenvalue weighted by Crippen LogP contribution is 2.36. The van der Waals surface area contributed by atoms with Crippen molar-refractivity contribution in [2.75, 3.05) is 10.6 Å². The molecule has 0 aliphatic rings. The van der Waals surface area contributed by atoms with E-state index in [0.717, 1.165) is 12.1 Å². The van der Waals surface area contributed by atoms with E-state index in [1.54, 1.807) is 24.3 Å². The van der Waals surface area contributed by atoms with E-state index in [0.29, 0.717) is 17.1 Å². The molecule has 168 valence electrons. The second-order valence-corrected chi connectivity index (χ2v) is 6.80. The van der Waals surface area contributed by atoms with Gasteiger partial charge in [0.25, 0.3) is 0 Å². The molecule has 4 rings (SSSR count). The van der Waals surface area contributed by atoms with Crippen LogP contribution in [0, 0.1) is 0 Å². The van der Waals surface area contributed by atoms with E-state index in [1.807, 2.05) is 0 Å². The number of rotatable bonds is 5. The van der Waals surface area contributed by atoms with Gasteiger partial charge in [-0.05, 0) is 42.5 Å². The second kappa shape index (κ2) is 9.12. The number of carbonyl (C=O) groups excluding carboxylic acids is 1. The summed E-state index contributed by atoms with van der Waals surface area (Å²) in [6, 6.07) is 10.1. The molecule has 0 radical (unpaired) electrons. The summed E-state index contributed by atoms with van der Waals surface area (Å²) in [5.74, 6) is 0.911. The third-order valence-corrected chi connectivity index (χ3v) is 4.43. The molecule has 2 aromatic carbocycles. The van der Waals surface area contributed by atoms with Crippen LogP contribution >= 0.6 is 11.6 Å². The van der Waals surface area contributed by atoms with E-state index in [4.69, 9.17) is 16.3 Å². The zero-order chi connectivity index (χ0) is 23.4. The highest BCUT2D eigenvalue weighted by molar-refractivity contribution is 6.31. The molecule has 33 heavy (non-hydrogen) atoms. The summed E-state index contributed by atoms with van der Waals surface area (Å²) >= 11 is 5.58. The van der Waals surface area contributed by atoms with E-state index in [1.165, 1.54) is 24.9 Å². The Morgan fingerprint density at radius 2 is 1.70 bits per heavy atom. The van der Waals surface area contributed by atoms with Gasteiger partial charge in [-0.1, -0.05) is 16.8 Å². The first-order valence-electron chi connectivity index (χ1n) is 9.09. The number of aromatic nitrogens is 4. The Labute approximate surface area is 188 Å². The fraction of sp³-hybridized carbons (Fsp3) is 0.0500. The molecule has 0 bridgehead atoms. The summed E-state index contributed by atoms with van der Waals surface area (Å²) in [5, 5.41) is 8.06. The quantitative estimate of drug-likeness (QED) is 0.383. The van der Waals surface area contributed by atoms with Crippen molar-refractivity contribution < 1.29 is 27.2 Å². The second-order valence-electron chi connectivity index (χ2n) is 6.39. The lowest BCUT2D eigenvalue weighted by molar-refractivity contribution is -0.137. The van der Waals surface area contributed by atoms with E-state index < -0.39 is 22.8 Å². The number of nitrogens with zero attached hydrogens (tertiary/aromatic N) is 4. The number of carbonyl (C=O) groups is 1. The van der Waals surface area contributed by atoms with Gasteiger partial charge in [0.1, 0.15) is 17.8 Å². The third kappa shape index (κ3) is 5.54. The van der Waals surface area contributed by atoms with Crippen LogP contribution in [0.2, 0.25) is 5.02 Å². The third-order valence-electron chi connectivity index (χ3n) is 4.10. The molecule has 4 aromatic rings. The number of halogens is 4. The molecule has 0 fully saturated rings. The van der Waals surface area contributed by atoms with Gasteiger partial charge in [-0.25, -0.2) is 14.8 Å². The number of ether oxygens (including phenoxy) is 1. The van der Waals surface area contributed by atoms with Gasteiger partial charge in [0.15, 0.2) is 0 Å². The maximum Gasteiger partial charge on any atom is 0.417 e. The molecule has 0 saturated heterocycles. The van der Waals surface area contributed by atoms with Crippen LogP contribution in [0.25, 0.3) is 11.5 Å². The molecule has 2 heterocycles. The summed E-state index contributed by atoms with van der Waals surface area (Å²) in [6.07, 6.45) is -2.19. The van der Waals surface area contributed by atoms with Crippen molar-refractivity contribution in [3.05, 3.63) is 71.8 Å². The van der Waals surface area contributed by atoms with Gasteiger partial charge < -0.3 is 19.9 Å². The molecular formula is C20H12ClF3N6O3. The number of alkyl halides is 3. The molecule has 13 heteroatoms. The van der Waals surface area contributed by atoms with Crippen molar-refractivity contribution >= 4 is 29.0 Å². The fourth-order valence-corrected chi connectivity index (χ4v) is 2.87. The van der Waals surface area contributed by atoms with Crippen molar-refractivity contribution in [3.8, 4) is 23.1 Å². The van der Waals surface area contributed by atoms with E-state index in [2.05, 4.69) is 35.3 Å². The van der Waals surface area contributed by atoms with Gasteiger partial charge in [0.05, 0.1) is 10.6 Å². The molecule has 2 N–H and O–H groups in total. The number of hydrogen-bond acceptors (Lipinski definition) is 7. The zero-order valence-corrected chi connectivity index (χ0v) is 17.1. The molecule has 0 saturated carbocycles. The number of nitrogens with one attached hydrogen (secondary N) is 2. The topological polar surface area (TPSA) is 115 Å². The first-order valence-corrected chi connectivity index (χ1v) is 9.47. The average molecular weight is 477 g/mol. The summed E-state index contributed by atoms with van der Waals surface area (Å²) in [4.78, 5) is 24.1. The van der Waals surface area contributed by atoms with Crippen LogP contribution in [0.4, 0.5) is 29.3 Å². The summed E-state index contributed by atoms with van der Waals surface area (Å²) in [6.45, 7) is 0. The molecule has 2 aromatic heterocycles. The van der Waals surface area contributed by atoms with Crippen LogP contribution in [0.15, 0.2) is 65.8 Å². The van der Waals surface area contributed by atoms with Gasteiger partial charge >= 0.3 is 12.2 Å². The number of urea groups is 1. The minimum atomic E-state index is -4.64. The van der Waals surface area contributed by atoms with Gasteiger partial charge in [0, 0.05) is 17.4 Å². The van der Waals surface area contributed by atoms with Crippen molar-refractivity contribution in [2.45, 2.75) is 6.18 Å². The molecule has 0 aliphatic heterocycles. The minimum absolute atomic E-state index is 0.0645. The Bertz CT molecular complexity index is 1270. The van der Waals surface area contributed by atoms with Crippen LogP contribution in [0.1, 0.15) is 5.56 Å². The number of amides is 2. The fourth-order valence-electron chi connectivity index (χ4n) is 2.64. The normalized spacial score (nSPS) is 11.2. The van der Waals surface area contributed by atoms with Crippen LogP contribution in [-0.2, 0) is 6.18 Å². The van der Waals surface area contributed by atoms with Gasteiger partial charge in [-0.15, -0.1) is 0 Å². The maximum atomic E-state index is 13.0. The van der Waals surface area contributed by atoms with E-state index in [9.17, 15) is 18.0 Å². The predicted molar refractivity (Wildman–Crippen MR) is 111 cm³/mol. The molecule has 0 spiro atoms. The van der Waals surface area contributed by atoms with Crippen LogP contribution in [0.3, 0.4) is 0 Å². The SMILES string of the molecule is O=C(Nc1ccc(Oc2cc(-c3ncon3)ncn2)cc1)Nc1ccc(Cl)c(C(F)(F)F)c1. The zero-order valence-electron chi connectivity index (χ0n) is 16.3. The van der Waals surface area contributed by atoms with Crippen LogP contribution < -0.4 is 15.4 Å². The standard InChI is InChI=1S/C20H12ClF3N6O3/c21-15-6-3-12(7-14(15)20(22,23)24)29-19(31)28-11-1-4-13(5-2-11)33-17-8-16(25-9-26-17)18-27-10-32-30-18/h1-10H,(H2,28,29,31). The van der Waals surface area contributed by atoms with Crippen molar-refractivity contribution in [2.24, 2.45) is 0 Å². The molecule has 0 aliphatic carbocycles. The summed E-state index contributed by atoms with van der Waals surface area (Å²) in [7, 11) is 0. The molecule has 0 unspecified atom stereocenters. The lowest BCUT2D eigenvalue weighted by Crippen LogP contribution is -2.19. The monoisotopic (exact) mass is 476 g/mol. The Morgan fingerprint density at radius 1 is 0.970 bits per heavy atom. The Morgan fingerprint density at radius 3 is 2.39 bits per heavy atom. The summed E-state index contributed by atoms with van der Waals surface area (Å²) < 4.78 is 49.2. The maximum absolute atomic E-state index is 13.0. The molecular weight excluding hydrogens is 465 g/mol. The molecule has 0 atom stereocenters. The molecule has 2 amide bonds. The highest BCUT2D eigenvalue weighted by Gasteiger charge is 2.33. The van der Waals surface area contributed by atoms with Crippen LogP contribution in [-0.4, -0.2) is 26.1 Å². The Kier molecular flexibility index (Phi) is 6.09. The van der Waals surface area contributed by atoms with Crippen molar-refractivity contribution in [1.29, 1.82) is 0 Å². The summed E-state index contributed by atoms with van der Waals surface area (Å²) in [5.41, 5.74) is -0.333. The lowest BCUT2D eigenvalue weighted by atomic mass is 10.2. The van der Waals surface area contributed by atoms with Crippen molar-refractivity contribution in [3.63, 3.8) is 0 Å². The smallest absolute Gasteiger partial charge is 0.417 e. The first-order chi connectivity index (χ1) is 15.8. The minimum Gasteiger partial charge on any atom is -0.439 e. The Hall–Kier alpha value is -4.19. The predicted octanol–water partition coefficient (Wildman–Crippen LogP) is 5.64. The van der Waals surface area contributed by atoms with E-state index >= 15 is 0 Å². The number of benzene rings is 2. The number of anilines is 2. The highest BCUT2D eigenvalue weighted by atomic mass is 35.5. The van der Waals surface area contributed by atoms with Gasteiger partial charge in [-0.3, -0.25) is 0 Å². The van der Waals surface area contributed by atoms with Crippen LogP contribution in [0.5, 0.6) is 11.6 Å². The first kappa shape index (κ1) is 22.0.